The molecule has 0 radical (unpaired) electrons. The molecule has 0 saturated carbocycles. The second-order valence-corrected chi connectivity index (χ2v) is 8.10. The first kappa shape index (κ1) is 22.3. The van der Waals surface area contributed by atoms with Crippen molar-refractivity contribution in [3.05, 3.63) is 71.3 Å². The lowest BCUT2D eigenvalue weighted by atomic mass is 10.0. The van der Waals surface area contributed by atoms with E-state index >= 15 is 0 Å². The predicted octanol–water partition coefficient (Wildman–Crippen LogP) is 1.47. The summed E-state index contributed by atoms with van der Waals surface area (Å²) < 4.78 is 26.9. The standard InChI is InChI=1S/C20H22N2O6S/c1-2-15-10-6-7-11-16(15)19(25)21-20(26)17(12-18(23)24)22-29(27,28)13-14-8-4-3-5-9-14/h3-11,17,22H,2,12-13H2,1H3,(H,23,24)(H,21,25,26)/t17-/m0/s1. The van der Waals surface area contributed by atoms with Gasteiger partial charge >= 0.3 is 5.97 Å². The summed E-state index contributed by atoms with van der Waals surface area (Å²) in [6.07, 6.45) is -0.247. The highest BCUT2D eigenvalue weighted by Crippen LogP contribution is 2.10. The van der Waals surface area contributed by atoms with Crippen LogP contribution in [-0.4, -0.2) is 37.3 Å². The third-order valence-electron chi connectivity index (χ3n) is 4.10. The molecule has 3 N–H and O–H groups in total. The van der Waals surface area contributed by atoms with Crippen molar-refractivity contribution >= 4 is 27.8 Å². The van der Waals surface area contributed by atoms with Crippen LogP contribution in [-0.2, 0) is 31.8 Å². The highest BCUT2D eigenvalue weighted by atomic mass is 32.2. The van der Waals surface area contributed by atoms with Gasteiger partial charge in [-0.25, -0.2) is 13.1 Å². The van der Waals surface area contributed by atoms with Gasteiger partial charge in [0, 0.05) is 5.56 Å². The van der Waals surface area contributed by atoms with E-state index < -0.39 is 46.0 Å². The molecule has 2 aromatic rings. The minimum absolute atomic E-state index is 0.268. The quantitative estimate of drug-likeness (QED) is 0.565. The Balaban J connectivity index is 2.15. The second kappa shape index (κ2) is 9.94. The average molecular weight is 418 g/mol. The number of hydrogen-bond acceptors (Lipinski definition) is 5. The zero-order valence-electron chi connectivity index (χ0n) is 15.8. The Bertz CT molecular complexity index is 989. The van der Waals surface area contributed by atoms with Gasteiger partial charge in [0.2, 0.25) is 15.9 Å². The van der Waals surface area contributed by atoms with Crippen LogP contribution in [0.1, 0.15) is 34.8 Å². The zero-order valence-corrected chi connectivity index (χ0v) is 16.6. The average Bonchev–Trinajstić information content (AvgIpc) is 2.67. The fourth-order valence-electron chi connectivity index (χ4n) is 2.73. The molecule has 0 aliphatic heterocycles. The summed E-state index contributed by atoms with van der Waals surface area (Å²) in [6.45, 7) is 1.85. The molecule has 2 amide bonds. The van der Waals surface area contributed by atoms with Crippen LogP contribution in [0.3, 0.4) is 0 Å². The summed E-state index contributed by atoms with van der Waals surface area (Å²) in [5.74, 6) is -3.55. The highest BCUT2D eigenvalue weighted by molar-refractivity contribution is 7.88. The molecule has 0 aliphatic rings. The molecule has 2 rings (SSSR count). The van der Waals surface area contributed by atoms with Crippen LogP contribution >= 0.6 is 0 Å². The van der Waals surface area contributed by atoms with Crippen molar-refractivity contribution in [2.75, 3.05) is 0 Å². The van der Waals surface area contributed by atoms with E-state index in [4.69, 9.17) is 5.11 Å². The number of aryl methyl sites for hydroxylation is 1. The van der Waals surface area contributed by atoms with Crippen molar-refractivity contribution in [2.45, 2.75) is 31.6 Å². The molecule has 0 aliphatic carbocycles. The van der Waals surface area contributed by atoms with Crippen LogP contribution in [0.15, 0.2) is 54.6 Å². The van der Waals surface area contributed by atoms with Crippen LogP contribution in [0.2, 0.25) is 0 Å². The predicted molar refractivity (Wildman–Crippen MR) is 107 cm³/mol. The van der Waals surface area contributed by atoms with Crippen LogP contribution in [0.25, 0.3) is 0 Å². The molecule has 154 valence electrons. The number of carbonyl (C=O) groups excluding carboxylic acids is 2. The first-order chi connectivity index (χ1) is 13.7. The van der Waals surface area contributed by atoms with Crippen LogP contribution in [0.4, 0.5) is 0 Å². The van der Waals surface area contributed by atoms with E-state index in [1.165, 1.54) is 6.07 Å². The van der Waals surface area contributed by atoms with Crippen LogP contribution in [0.5, 0.6) is 0 Å². The smallest absolute Gasteiger partial charge is 0.305 e. The number of aliphatic carboxylic acids is 1. The SMILES string of the molecule is CCc1ccccc1C(=O)NC(=O)[C@H](CC(=O)O)NS(=O)(=O)Cc1ccccc1. The summed E-state index contributed by atoms with van der Waals surface area (Å²) in [7, 11) is -4.02. The molecule has 0 fully saturated rings. The monoisotopic (exact) mass is 418 g/mol. The summed E-state index contributed by atoms with van der Waals surface area (Å²) in [4.78, 5) is 36.0. The van der Waals surface area contributed by atoms with Gasteiger partial charge in [0.1, 0.15) is 6.04 Å². The van der Waals surface area contributed by atoms with Gasteiger partial charge in [-0.05, 0) is 23.6 Å². The Morgan fingerprint density at radius 2 is 1.62 bits per heavy atom. The van der Waals surface area contributed by atoms with E-state index in [-0.39, 0.29) is 5.56 Å². The molecular weight excluding hydrogens is 396 g/mol. The van der Waals surface area contributed by atoms with Crippen molar-refractivity contribution in [3.8, 4) is 0 Å². The first-order valence-corrected chi connectivity index (χ1v) is 10.6. The number of carboxylic acid groups (broad SMARTS) is 1. The number of imide groups is 1. The maximum Gasteiger partial charge on any atom is 0.305 e. The molecule has 0 spiro atoms. The number of rotatable bonds is 9. The van der Waals surface area contributed by atoms with Gasteiger partial charge in [0.15, 0.2) is 0 Å². The van der Waals surface area contributed by atoms with Crippen molar-refractivity contribution in [1.29, 1.82) is 0 Å². The van der Waals surface area contributed by atoms with Gasteiger partial charge in [-0.3, -0.25) is 19.7 Å². The van der Waals surface area contributed by atoms with Gasteiger partial charge in [-0.1, -0.05) is 55.5 Å². The van der Waals surface area contributed by atoms with Gasteiger partial charge < -0.3 is 5.11 Å². The van der Waals surface area contributed by atoms with Crippen LogP contribution < -0.4 is 10.0 Å². The number of carbonyl (C=O) groups is 3. The van der Waals surface area contributed by atoms with E-state index in [0.29, 0.717) is 17.5 Å². The van der Waals surface area contributed by atoms with E-state index in [1.54, 1.807) is 48.5 Å². The Labute approximate surface area is 169 Å². The van der Waals surface area contributed by atoms with Crippen molar-refractivity contribution in [2.24, 2.45) is 0 Å². The van der Waals surface area contributed by atoms with Crippen LogP contribution in [0, 0.1) is 0 Å². The molecule has 8 nitrogen and oxygen atoms in total. The molecule has 0 unspecified atom stereocenters. The summed E-state index contributed by atoms with van der Waals surface area (Å²) in [5, 5.41) is 11.1. The largest absolute Gasteiger partial charge is 0.481 e. The topological polar surface area (TPSA) is 130 Å². The maximum absolute atomic E-state index is 12.5. The van der Waals surface area contributed by atoms with E-state index in [1.807, 2.05) is 6.92 Å². The minimum atomic E-state index is -4.02. The molecule has 0 aromatic heterocycles. The fraction of sp³-hybridized carbons (Fsp3) is 0.250. The third-order valence-corrected chi connectivity index (χ3v) is 5.45. The second-order valence-electron chi connectivity index (χ2n) is 6.34. The number of nitrogens with one attached hydrogen (secondary N) is 2. The Morgan fingerprint density at radius 1 is 1.00 bits per heavy atom. The first-order valence-electron chi connectivity index (χ1n) is 8.90. The van der Waals surface area contributed by atoms with Crippen molar-refractivity contribution in [3.63, 3.8) is 0 Å². The Hall–Kier alpha value is -3.04. The zero-order chi connectivity index (χ0) is 21.4. The number of amides is 2. The molecule has 2 aromatic carbocycles. The number of sulfonamides is 1. The summed E-state index contributed by atoms with van der Waals surface area (Å²) in [6, 6.07) is 13.3. The molecule has 1 atom stereocenters. The lowest BCUT2D eigenvalue weighted by Crippen LogP contribution is -2.49. The van der Waals surface area contributed by atoms with E-state index in [0.717, 1.165) is 0 Å². The van der Waals surface area contributed by atoms with Gasteiger partial charge in [-0.15, -0.1) is 0 Å². The summed E-state index contributed by atoms with van der Waals surface area (Å²) >= 11 is 0. The Morgan fingerprint density at radius 3 is 2.24 bits per heavy atom. The van der Waals surface area contributed by atoms with Crippen molar-refractivity contribution in [1.82, 2.24) is 10.0 Å². The molecule has 29 heavy (non-hydrogen) atoms. The number of carboxylic acids is 1. The minimum Gasteiger partial charge on any atom is -0.481 e. The normalized spacial score (nSPS) is 12.2. The Kier molecular flexibility index (Phi) is 7.63. The lowest BCUT2D eigenvalue weighted by Gasteiger charge is -2.17. The summed E-state index contributed by atoms with van der Waals surface area (Å²) in [5.41, 5.74) is 1.45. The molecule has 0 saturated heterocycles. The number of benzene rings is 2. The van der Waals surface area contributed by atoms with Gasteiger partial charge in [0.25, 0.3) is 5.91 Å². The van der Waals surface area contributed by atoms with Gasteiger partial charge in [-0.2, -0.15) is 0 Å². The molecule has 0 heterocycles. The van der Waals surface area contributed by atoms with Gasteiger partial charge in [0.05, 0.1) is 12.2 Å². The number of hydrogen-bond donors (Lipinski definition) is 3. The maximum atomic E-state index is 12.5. The fourth-order valence-corrected chi connectivity index (χ4v) is 4.07. The molecular formula is C20H22N2O6S. The molecule has 9 heteroatoms. The molecule has 0 bridgehead atoms. The lowest BCUT2D eigenvalue weighted by molar-refractivity contribution is -0.139. The van der Waals surface area contributed by atoms with E-state index in [9.17, 15) is 22.8 Å². The highest BCUT2D eigenvalue weighted by Gasteiger charge is 2.28. The van der Waals surface area contributed by atoms with E-state index in [2.05, 4.69) is 10.0 Å². The third kappa shape index (κ3) is 6.81. The van der Waals surface area contributed by atoms with Crippen molar-refractivity contribution < 1.29 is 27.9 Å².